The molecule has 1 rings (SSSR count). The highest BCUT2D eigenvalue weighted by molar-refractivity contribution is 8.11. The van der Waals surface area contributed by atoms with Crippen LogP contribution >= 0.6 is 0 Å². The van der Waals surface area contributed by atoms with E-state index < -0.39 is 24.3 Å². The maximum absolute atomic E-state index is 11.9. The van der Waals surface area contributed by atoms with Gasteiger partial charge in [-0.2, -0.15) is 0 Å². The molecule has 0 amide bonds. The first-order valence-electron chi connectivity index (χ1n) is 5.04. The highest BCUT2D eigenvalue weighted by Crippen LogP contribution is 2.31. The third kappa shape index (κ3) is 2.88. The van der Waals surface area contributed by atoms with Gasteiger partial charge in [0.25, 0.3) is 0 Å². The fourth-order valence-electron chi connectivity index (χ4n) is 1.56. The predicted molar refractivity (Wildman–Crippen MR) is 72.2 cm³/mol. The standard InChI is InChI=1S/C12H14O4S2/c1-4-17(13,14)12(18(15,16)5-2)11-8-6-7-10(3)9-11/h4-9,12H,1-2H2,3H3. The molecule has 0 unspecified atom stereocenters. The number of hydrogen-bond acceptors (Lipinski definition) is 4. The summed E-state index contributed by atoms with van der Waals surface area (Å²) in [5.41, 5.74) is 0.964. The Bertz CT molecular complexity index is 632. The molecule has 1 aromatic carbocycles. The van der Waals surface area contributed by atoms with Crippen molar-refractivity contribution in [2.24, 2.45) is 0 Å². The van der Waals surface area contributed by atoms with E-state index in [0.717, 1.165) is 5.56 Å². The maximum Gasteiger partial charge on any atom is 0.195 e. The van der Waals surface area contributed by atoms with Crippen molar-refractivity contribution < 1.29 is 16.8 Å². The zero-order chi connectivity index (χ0) is 14.0. The van der Waals surface area contributed by atoms with E-state index in [1.807, 2.05) is 0 Å². The van der Waals surface area contributed by atoms with Crippen molar-refractivity contribution >= 4 is 19.7 Å². The van der Waals surface area contributed by atoms with Gasteiger partial charge in [-0.25, -0.2) is 16.8 Å². The molecule has 0 aliphatic carbocycles. The van der Waals surface area contributed by atoms with E-state index in [2.05, 4.69) is 13.2 Å². The summed E-state index contributed by atoms with van der Waals surface area (Å²) in [6.07, 6.45) is 0. The van der Waals surface area contributed by atoms with E-state index in [9.17, 15) is 16.8 Å². The second-order valence-electron chi connectivity index (χ2n) is 3.76. The average Bonchev–Trinajstić information content (AvgIpc) is 2.28. The van der Waals surface area contributed by atoms with Crippen molar-refractivity contribution in [3.8, 4) is 0 Å². The van der Waals surface area contributed by atoms with E-state index in [1.165, 1.54) is 12.1 Å². The number of aryl methyl sites for hydroxylation is 1. The van der Waals surface area contributed by atoms with Crippen LogP contribution in [-0.4, -0.2) is 16.8 Å². The third-order valence-electron chi connectivity index (χ3n) is 2.38. The summed E-state index contributed by atoms with van der Waals surface area (Å²) in [6, 6.07) is 6.34. The molecule has 0 spiro atoms. The van der Waals surface area contributed by atoms with Gasteiger partial charge in [-0.15, -0.1) is 0 Å². The van der Waals surface area contributed by atoms with Crippen molar-refractivity contribution in [1.29, 1.82) is 0 Å². The lowest BCUT2D eigenvalue weighted by molar-refractivity contribution is 0.586. The van der Waals surface area contributed by atoms with Crippen molar-refractivity contribution in [2.45, 2.75) is 11.5 Å². The molecule has 0 heterocycles. The van der Waals surface area contributed by atoms with Crippen LogP contribution < -0.4 is 0 Å². The molecule has 98 valence electrons. The van der Waals surface area contributed by atoms with Crippen LogP contribution in [0.15, 0.2) is 48.2 Å². The highest BCUT2D eigenvalue weighted by atomic mass is 32.3. The molecule has 0 saturated heterocycles. The normalized spacial score (nSPS) is 12.3. The van der Waals surface area contributed by atoms with Gasteiger partial charge in [0, 0.05) is 10.8 Å². The molecule has 0 aliphatic rings. The summed E-state index contributed by atoms with van der Waals surface area (Å²) in [6.45, 7) is 8.08. The minimum Gasteiger partial charge on any atom is -0.223 e. The molecular formula is C12H14O4S2. The van der Waals surface area contributed by atoms with Crippen molar-refractivity contribution in [2.75, 3.05) is 0 Å². The van der Waals surface area contributed by atoms with E-state index in [-0.39, 0.29) is 5.56 Å². The Morgan fingerprint density at radius 2 is 1.56 bits per heavy atom. The predicted octanol–water partition coefficient (Wildman–Crippen LogP) is 2.11. The molecule has 18 heavy (non-hydrogen) atoms. The van der Waals surface area contributed by atoms with Gasteiger partial charge in [-0.1, -0.05) is 43.0 Å². The SMILES string of the molecule is C=CS(=O)(=O)C(c1cccc(C)c1)S(=O)(=O)C=C. The quantitative estimate of drug-likeness (QED) is 0.831. The molecule has 0 fully saturated rings. The molecule has 0 saturated carbocycles. The van der Waals surface area contributed by atoms with Crippen LogP contribution in [0.4, 0.5) is 0 Å². The first-order chi connectivity index (χ1) is 8.24. The van der Waals surface area contributed by atoms with Gasteiger partial charge >= 0.3 is 0 Å². The third-order valence-corrected chi connectivity index (χ3v) is 6.65. The molecule has 0 aromatic heterocycles. The Labute approximate surface area is 107 Å². The maximum atomic E-state index is 11.9. The van der Waals surface area contributed by atoms with Crippen LogP contribution in [0.1, 0.15) is 15.7 Å². The van der Waals surface area contributed by atoms with Gasteiger partial charge in [0.05, 0.1) is 0 Å². The van der Waals surface area contributed by atoms with Crippen molar-refractivity contribution in [1.82, 2.24) is 0 Å². The van der Waals surface area contributed by atoms with Gasteiger partial charge < -0.3 is 0 Å². The van der Waals surface area contributed by atoms with Gasteiger partial charge in [-0.3, -0.25) is 0 Å². The Morgan fingerprint density at radius 3 is 1.94 bits per heavy atom. The Balaban J connectivity index is 3.60. The van der Waals surface area contributed by atoms with Gasteiger partial charge in [0.1, 0.15) is 0 Å². The average molecular weight is 286 g/mol. The molecule has 4 nitrogen and oxygen atoms in total. The lowest BCUT2D eigenvalue weighted by atomic mass is 10.2. The Hall–Kier alpha value is -1.40. The van der Waals surface area contributed by atoms with Crippen LogP contribution in [0.2, 0.25) is 0 Å². The largest absolute Gasteiger partial charge is 0.223 e. The van der Waals surface area contributed by atoms with Crippen LogP contribution in [-0.2, 0) is 19.7 Å². The fourth-order valence-corrected chi connectivity index (χ4v) is 4.93. The van der Waals surface area contributed by atoms with E-state index in [4.69, 9.17) is 0 Å². The van der Waals surface area contributed by atoms with Gasteiger partial charge in [-0.05, 0) is 12.5 Å². The smallest absolute Gasteiger partial charge is 0.195 e. The van der Waals surface area contributed by atoms with Gasteiger partial charge in [0.15, 0.2) is 24.3 Å². The summed E-state index contributed by atoms with van der Waals surface area (Å²) in [7, 11) is -7.99. The minimum atomic E-state index is -4.00. The zero-order valence-corrected chi connectivity index (χ0v) is 11.5. The topological polar surface area (TPSA) is 68.3 Å². The highest BCUT2D eigenvalue weighted by Gasteiger charge is 2.35. The van der Waals surface area contributed by atoms with E-state index in [0.29, 0.717) is 10.8 Å². The van der Waals surface area contributed by atoms with Gasteiger partial charge in [0.2, 0.25) is 0 Å². The molecular weight excluding hydrogens is 272 g/mol. The summed E-state index contributed by atoms with van der Waals surface area (Å²) >= 11 is 0. The molecule has 0 atom stereocenters. The minimum absolute atomic E-state index is 0.190. The first-order valence-corrected chi connectivity index (χ1v) is 8.25. The summed E-state index contributed by atoms with van der Waals surface area (Å²) < 4.78 is 45.8. The summed E-state index contributed by atoms with van der Waals surface area (Å²) in [5.74, 6) is 0. The number of rotatable bonds is 5. The Morgan fingerprint density at radius 1 is 1.06 bits per heavy atom. The molecule has 6 heteroatoms. The van der Waals surface area contributed by atoms with Crippen LogP contribution in [0, 0.1) is 6.92 Å². The van der Waals surface area contributed by atoms with Crippen LogP contribution in [0.25, 0.3) is 0 Å². The molecule has 0 aliphatic heterocycles. The zero-order valence-electron chi connectivity index (χ0n) is 9.91. The number of hydrogen-bond donors (Lipinski definition) is 0. The fraction of sp³-hybridized carbons (Fsp3) is 0.167. The Kier molecular flexibility index (Phi) is 4.13. The first kappa shape index (κ1) is 14.7. The number of benzene rings is 1. The second-order valence-corrected chi connectivity index (χ2v) is 8.02. The molecule has 0 N–H and O–H groups in total. The summed E-state index contributed by atoms with van der Waals surface area (Å²) in [5, 5.41) is 1.31. The molecule has 0 radical (unpaired) electrons. The lowest BCUT2D eigenvalue weighted by Crippen LogP contribution is -2.19. The van der Waals surface area contributed by atoms with Crippen molar-refractivity contribution in [3.63, 3.8) is 0 Å². The number of sulfone groups is 2. The monoisotopic (exact) mass is 286 g/mol. The van der Waals surface area contributed by atoms with Crippen LogP contribution in [0.5, 0.6) is 0 Å². The van der Waals surface area contributed by atoms with E-state index >= 15 is 0 Å². The lowest BCUT2D eigenvalue weighted by Gasteiger charge is -2.14. The van der Waals surface area contributed by atoms with Crippen LogP contribution in [0.3, 0.4) is 0 Å². The molecule has 0 bridgehead atoms. The second kappa shape index (κ2) is 5.07. The molecule has 1 aromatic rings. The summed E-state index contributed by atoms with van der Waals surface area (Å²) in [4.78, 5) is 0. The van der Waals surface area contributed by atoms with E-state index in [1.54, 1.807) is 19.1 Å². The van der Waals surface area contributed by atoms with Crippen molar-refractivity contribution in [3.05, 3.63) is 59.4 Å².